The number of hydrogen-bond acceptors (Lipinski definition) is 1. The summed E-state index contributed by atoms with van der Waals surface area (Å²) in [6, 6.07) is 20.5. The second-order valence-electron chi connectivity index (χ2n) is 6.16. The van der Waals surface area contributed by atoms with Gasteiger partial charge in [0, 0.05) is 16.5 Å². The Morgan fingerprint density at radius 1 is 1.00 bits per heavy atom. The number of hydrogen-bond donors (Lipinski definition) is 0. The van der Waals surface area contributed by atoms with E-state index in [9.17, 15) is 4.57 Å². The van der Waals surface area contributed by atoms with Crippen LogP contribution in [0.5, 0.6) is 0 Å². The molecule has 0 aromatic heterocycles. The molecule has 0 radical (unpaired) electrons. The molecule has 23 heavy (non-hydrogen) atoms. The first-order valence-electron chi connectivity index (χ1n) is 8.04. The van der Waals surface area contributed by atoms with Crippen molar-refractivity contribution in [1.82, 2.24) is 4.67 Å². The molecule has 0 spiro atoms. The standard InChI is InChI=1S/C20H20NOP/c1-21-20(16-10-4-2-5-11-16)18-14-8-9-15-19(18)23(21,22)17-12-6-3-7-13-17/h2-8,10-15,18,20H,9H2,1H3/t18-,20+,23+/m0/s1. The SMILES string of the molecule is CN1[C@H](c2ccccc2)[C@H]2C=CCC=C2[P@]1(=O)c1ccccc1. The van der Waals surface area contributed by atoms with Gasteiger partial charge in [-0.15, -0.1) is 0 Å². The van der Waals surface area contributed by atoms with Crippen LogP contribution in [0, 0.1) is 5.92 Å². The molecule has 2 aromatic rings. The van der Waals surface area contributed by atoms with Gasteiger partial charge in [0.15, 0.2) is 0 Å². The molecule has 0 N–H and O–H groups in total. The van der Waals surface area contributed by atoms with Crippen molar-refractivity contribution in [2.45, 2.75) is 12.5 Å². The average Bonchev–Trinajstić information content (AvgIpc) is 2.86. The van der Waals surface area contributed by atoms with E-state index in [-0.39, 0.29) is 12.0 Å². The van der Waals surface area contributed by atoms with Gasteiger partial charge in [0.25, 0.3) is 0 Å². The Labute approximate surface area is 137 Å². The van der Waals surface area contributed by atoms with Crippen molar-refractivity contribution in [3.63, 3.8) is 0 Å². The zero-order valence-electron chi connectivity index (χ0n) is 13.2. The van der Waals surface area contributed by atoms with Crippen molar-refractivity contribution in [3.8, 4) is 0 Å². The quantitative estimate of drug-likeness (QED) is 0.588. The maximum Gasteiger partial charge on any atom is 0.203 e. The lowest BCUT2D eigenvalue weighted by Gasteiger charge is -2.26. The zero-order chi connectivity index (χ0) is 15.9. The van der Waals surface area contributed by atoms with Crippen molar-refractivity contribution in [2.24, 2.45) is 5.92 Å². The van der Waals surface area contributed by atoms with E-state index >= 15 is 0 Å². The second-order valence-corrected chi connectivity index (χ2v) is 8.98. The van der Waals surface area contributed by atoms with E-state index in [2.05, 4.69) is 47.2 Å². The first-order valence-corrected chi connectivity index (χ1v) is 9.70. The molecule has 2 aromatic carbocycles. The van der Waals surface area contributed by atoms with Crippen molar-refractivity contribution < 1.29 is 4.57 Å². The molecule has 2 aliphatic rings. The Bertz CT molecular complexity index is 810. The van der Waals surface area contributed by atoms with E-state index in [4.69, 9.17) is 0 Å². The molecule has 1 aliphatic heterocycles. The Hall–Kier alpha value is -1.89. The van der Waals surface area contributed by atoms with Crippen LogP contribution in [0.3, 0.4) is 0 Å². The van der Waals surface area contributed by atoms with Gasteiger partial charge in [-0.05, 0) is 31.2 Å². The normalized spacial score (nSPS) is 30.0. The molecule has 116 valence electrons. The summed E-state index contributed by atoms with van der Waals surface area (Å²) in [5.41, 5.74) is 1.23. The van der Waals surface area contributed by atoms with Gasteiger partial charge in [0.1, 0.15) is 0 Å². The number of rotatable bonds is 2. The zero-order valence-corrected chi connectivity index (χ0v) is 14.1. The molecule has 0 bridgehead atoms. The van der Waals surface area contributed by atoms with Crippen molar-refractivity contribution >= 4 is 12.6 Å². The smallest absolute Gasteiger partial charge is 0.203 e. The summed E-state index contributed by atoms with van der Waals surface area (Å²) < 4.78 is 16.2. The van der Waals surface area contributed by atoms with Crippen LogP contribution in [0.15, 0.2) is 84.2 Å². The van der Waals surface area contributed by atoms with Crippen molar-refractivity contribution in [2.75, 3.05) is 7.05 Å². The fourth-order valence-electron chi connectivity index (χ4n) is 3.87. The van der Waals surface area contributed by atoms with E-state index in [1.807, 2.05) is 43.4 Å². The molecular weight excluding hydrogens is 301 g/mol. The van der Waals surface area contributed by atoms with Crippen molar-refractivity contribution in [3.05, 3.63) is 89.8 Å². The van der Waals surface area contributed by atoms with Gasteiger partial charge in [0.2, 0.25) is 7.29 Å². The first-order chi connectivity index (χ1) is 11.2. The molecule has 2 nitrogen and oxygen atoms in total. The number of benzene rings is 2. The van der Waals surface area contributed by atoms with Crippen molar-refractivity contribution in [1.29, 1.82) is 0 Å². The minimum Gasteiger partial charge on any atom is -0.297 e. The molecule has 4 rings (SSSR count). The number of allylic oxidation sites excluding steroid dienone is 2. The van der Waals surface area contributed by atoms with E-state index in [0.717, 1.165) is 17.0 Å². The van der Waals surface area contributed by atoms with Crippen LogP contribution in [0.1, 0.15) is 18.0 Å². The third-order valence-electron chi connectivity index (χ3n) is 4.93. The van der Waals surface area contributed by atoms with Crippen LogP contribution >= 0.6 is 7.29 Å². The lowest BCUT2D eigenvalue weighted by atomic mass is 9.90. The van der Waals surface area contributed by atoms with Gasteiger partial charge >= 0.3 is 0 Å². The molecule has 1 heterocycles. The third kappa shape index (κ3) is 2.17. The Morgan fingerprint density at radius 2 is 1.65 bits per heavy atom. The molecule has 3 atom stereocenters. The predicted molar refractivity (Wildman–Crippen MR) is 96.0 cm³/mol. The predicted octanol–water partition coefficient (Wildman–Crippen LogP) is 4.74. The van der Waals surface area contributed by atoms with E-state index in [1.54, 1.807) is 0 Å². The van der Waals surface area contributed by atoms with Crippen LogP contribution in [-0.4, -0.2) is 11.7 Å². The highest BCUT2D eigenvalue weighted by molar-refractivity contribution is 7.73. The van der Waals surface area contributed by atoms with E-state index in [1.165, 1.54) is 5.56 Å². The Kier molecular flexibility index (Phi) is 3.60. The lowest BCUT2D eigenvalue weighted by molar-refractivity contribution is 0.372. The van der Waals surface area contributed by atoms with Gasteiger partial charge in [-0.1, -0.05) is 66.8 Å². The molecule has 0 amide bonds. The largest absolute Gasteiger partial charge is 0.297 e. The monoisotopic (exact) mass is 321 g/mol. The summed E-state index contributed by atoms with van der Waals surface area (Å²) in [5.74, 6) is 0.196. The van der Waals surface area contributed by atoms with Crippen LogP contribution in [0.4, 0.5) is 0 Å². The Morgan fingerprint density at radius 3 is 2.35 bits per heavy atom. The summed E-state index contributed by atoms with van der Waals surface area (Å²) in [4.78, 5) is 0. The van der Waals surface area contributed by atoms with Gasteiger partial charge in [-0.25, -0.2) is 4.67 Å². The second kappa shape index (κ2) is 5.63. The maximum absolute atomic E-state index is 14.1. The molecule has 3 heteroatoms. The van der Waals surface area contributed by atoms with Gasteiger partial charge < -0.3 is 0 Å². The third-order valence-corrected chi connectivity index (χ3v) is 8.25. The fourth-order valence-corrected chi connectivity index (χ4v) is 7.08. The first kappa shape index (κ1) is 14.7. The van der Waals surface area contributed by atoms with Crippen LogP contribution in [0.25, 0.3) is 0 Å². The fraction of sp³-hybridized carbons (Fsp3) is 0.200. The van der Waals surface area contributed by atoms with Crippen LogP contribution in [0.2, 0.25) is 0 Å². The minimum absolute atomic E-state index is 0.130. The Balaban J connectivity index is 1.89. The minimum atomic E-state index is -2.72. The molecule has 1 aliphatic carbocycles. The highest BCUT2D eigenvalue weighted by Crippen LogP contribution is 2.70. The van der Waals surface area contributed by atoms with Gasteiger partial charge in [-0.3, -0.25) is 4.57 Å². The summed E-state index contributed by atoms with van der Waals surface area (Å²) in [7, 11) is -0.711. The van der Waals surface area contributed by atoms with Crippen LogP contribution < -0.4 is 5.30 Å². The molecule has 0 unspecified atom stereocenters. The summed E-state index contributed by atoms with van der Waals surface area (Å²) in [6.07, 6.45) is 7.49. The average molecular weight is 321 g/mol. The summed E-state index contributed by atoms with van der Waals surface area (Å²) >= 11 is 0. The maximum atomic E-state index is 14.1. The lowest BCUT2D eigenvalue weighted by Crippen LogP contribution is -2.21. The van der Waals surface area contributed by atoms with Gasteiger partial charge in [-0.2, -0.15) is 0 Å². The van der Waals surface area contributed by atoms with E-state index < -0.39 is 7.29 Å². The van der Waals surface area contributed by atoms with E-state index in [0.29, 0.717) is 0 Å². The molecule has 0 saturated carbocycles. The van der Waals surface area contributed by atoms with Crippen LogP contribution in [-0.2, 0) is 4.57 Å². The highest BCUT2D eigenvalue weighted by Gasteiger charge is 2.51. The van der Waals surface area contributed by atoms with Gasteiger partial charge in [0.05, 0.1) is 6.04 Å². The highest BCUT2D eigenvalue weighted by atomic mass is 31.2. The molecule has 1 saturated heterocycles. The topological polar surface area (TPSA) is 20.3 Å². The molecular formula is C20H20NOP. The number of nitrogens with zero attached hydrogens (tertiary/aromatic N) is 1. The summed E-state index contributed by atoms with van der Waals surface area (Å²) in [5, 5.41) is 2.04. The summed E-state index contributed by atoms with van der Waals surface area (Å²) in [6.45, 7) is 0. The molecule has 1 fully saturated rings. The number of fused-ring (bicyclic) bond motifs is 1.